The summed E-state index contributed by atoms with van der Waals surface area (Å²) in [4.78, 5) is 15.3. The number of hydrogen-bond donors (Lipinski definition) is 3. The summed E-state index contributed by atoms with van der Waals surface area (Å²) >= 11 is 0. The fourth-order valence-electron chi connectivity index (χ4n) is 4.34. The van der Waals surface area contributed by atoms with Gasteiger partial charge in [0.1, 0.15) is 5.82 Å². The summed E-state index contributed by atoms with van der Waals surface area (Å²) in [5.41, 5.74) is 1.21. The van der Waals surface area contributed by atoms with Crippen molar-refractivity contribution >= 4 is 42.7 Å². The van der Waals surface area contributed by atoms with E-state index in [-0.39, 0.29) is 27.6 Å². The van der Waals surface area contributed by atoms with Gasteiger partial charge < -0.3 is 15.5 Å². The topological polar surface area (TPSA) is 123 Å². The molecule has 0 spiro atoms. The van der Waals surface area contributed by atoms with Crippen molar-refractivity contribution in [3.63, 3.8) is 0 Å². The molecule has 3 N–H and O–H groups in total. The minimum absolute atomic E-state index is 0.0827. The first-order valence-electron chi connectivity index (χ1n) is 12.8. The number of benzene rings is 2. The quantitative estimate of drug-likeness (QED) is 0.330. The normalized spacial score (nSPS) is 15.6. The Bertz CT molecular complexity index is 1340. The predicted octanol–water partition coefficient (Wildman–Crippen LogP) is 4.26. The lowest BCUT2D eigenvalue weighted by Gasteiger charge is -2.30. The second-order valence-corrected chi connectivity index (χ2v) is 13.8. The second kappa shape index (κ2) is 12.9. The van der Waals surface area contributed by atoms with Crippen molar-refractivity contribution in [3.8, 4) is 0 Å². The number of unbranched alkanes of at least 4 members (excludes halogenated alkanes) is 4. The first kappa shape index (κ1) is 29.9. The van der Waals surface area contributed by atoms with E-state index >= 15 is 0 Å². The maximum atomic E-state index is 14.9. The maximum absolute atomic E-state index is 14.9. The first-order chi connectivity index (χ1) is 17.9. The van der Waals surface area contributed by atoms with Crippen LogP contribution in [0.1, 0.15) is 49.4 Å². The number of carbonyl (C=O) groups is 1. The molecule has 0 aromatic heterocycles. The Labute approximate surface area is 225 Å². The number of rotatable bonds is 12. The Morgan fingerprint density at radius 1 is 1.08 bits per heavy atom. The molecule has 1 saturated heterocycles. The van der Waals surface area contributed by atoms with E-state index in [2.05, 4.69) is 22.5 Å². The summed E-state index contributed by atoms with van der Waals surface area (Å²) in [5, 5.41) is 5.90. The number of hydrogen-bond acceptors (Lipinski definition) is 7. The number of nitrogens with zero attached hydrogens (tertiary/aromatic N) is 2. The highest BCUT2D eigenvalue weighted by atomic mass is 32.2. The van der Waals surface area contributed by atoms with Crippen LogP contribution in [0.5, 0.6) is 0 Å². The van der Waals surface area contributed by atoms with Crippen LogP contribution >= 0.6 is 0 Å². The van der Waals surface area contributed by atoms with Crippen LogP contribution in [0.25, 0.3) is 0 Å². The van der Waals surface area contributed by atoms with Gasteiger partial charge >= 0.3 is 0 Å². The minimum Gasteiger partial charge on any atom is -0.369 e. The average molecular weight is 568 g/mol. The fraction of sp³-hybridized carbons (Fsp3) is 0.500. The van der Waals surface area contributed by atoms with Crippen molar-refractivity contribution < 1.29 is 21.8 Å². The van der Waals surface area contributed by atoms with Gasteiger partial charge in [-0.15, -0.1) is 0 Å². The molecule has 210 valence electrons. The van der Waals surface area contributed by atoms with E-state index in [0.29, 0.717) is 6.42 Å². The lowest BCUT2D eigenvalue weighted by Crippen LogP contribution is -2.43. The van der Waals surface area contributed by atoms with Crippen LogP contribution in [0.2, 0.25) is 0 Å². The van der Waals surface area contributed by atoms with Gasteiger partial charge in [-0.05, 0) is 42.8 Å². The van der Waals surface area contributed by atoms with Crippen molar-refractivity contribution in [1.82, 2.24) is 5.32 Å². The van der Waals surface area contributed by atoms with E-state index in [1.165, 1.54) is 19.2 Å². The third kappa shape index (κ3) is 7.67. The van der Waals surface area contributed by atoms with E-state index < -0.39 is 31.5 Å². The van der Waals surface area contributed by atoms with E-state index in [1.54, 1.807) is 18.2 Å². The maximum Gasteiger partial charge on any atom is 0.257 e. The Morgan fingerprint density at radius 2 is 1.76 bits per heavy atom. The number of nitrogens with one attached hydrogen (secondary N) is 3. The molecule has 38 heavy (non-hydrogen) atoms. The molecule has 1 fully saturated rings. The Morgan fingerprint density at radius 3 is 2.39 bits per heavy atom. The van der Waals surface area contributed by atoms with E-state index in [4.69, 9.17) is 4.78 Å². The third-order valence-corrected chi connectivity index (χ3v) is 9.72. The number of halogens is 1. The highest BCUT2D eigenvalue weighted by Crippen LogP contribution is 2.29. The van der Waals surface area contributed by atoms with Gasteiger partial charge in [0, 0.05) is 50.4 Å². The van der Waals surface area contributed by atoms with Crippen molar-refractivity contribution in [3.05, 3.63) is 47.8 Å². The summed E-state index contributed by atoms with van der Waals surface area (Å²) in [5.74, 6) is -1.35. The molecule has 0 bridgehead atoms. The number of piperazine rings is 1. The Hall–Kier alpha value is -2.70. The van der Waals surface area contributed by atoms with Crippen molar-refractivity contribution in [2.45, 2.75) is 43.9 Å². The Kier molecular flexibility index (Phi) is 10.1. The van der Waals surface area contributed by atoms with Crippen molar-refractivity contribution in [2.75, 3.05) is 59.8 Å². The molecule has 9 nitrogen and oxygen atoms in total. The van der Waals surface area contributed by atoms with Gasteiger partial charge in [0.15, 0.2) is 0 Å². The Balaban J connectivity index is 1.84. The van der Waals surface area contributed by atoms with Crippen LogP contribution in [0.3, 0.4) is 0 Å². The van der Waals surface area contributed by atoms with Gasteiger partial charge in [0.25, 0.3) is 5.91 Å². The molecular weight excluding hydrogens is 529 g/mol. The molecule has 1 amide bonds. The lowest BCUT2D eigenvalue weighted by molar-refractivity contribution is 0.102. The van der Waals surface area contributed by atoms with Gasteiger partial charge in [-0.3, -0.25) is 9.10 Å². The minimum atomic E-state index is -3.65. The summed E-state index contributed by atoms with van der Waals surface area (Å²) in [6, 6.07) is 8.76. The fourth-order valence-corrected chi connectivity index (χ4v) is 6.35. The molecule has 0 radical (unpaired) electrons. The molecule has 1 atom stereocenters. The van der Waals surface area contributed by atoms with E-state index in [1.807, 2.05) is 0 Å². The zero-order valence-corrected chi connectivity index (χ0v) is 23.9. The predicted molar refractivity (Wildman–Crippen MR) is 152 cm³/mol. The van der Waals surface area contributed by atoms with Crippen molar-refractivity contribution in [1.29, 1.82) is 4.78 Å². The van der Waals surface area contributed by atoms with E-state index in [9.17, 15) is 21.8 Å². The van der Waals surface area contributed by atoms with Crippen LogP contribution in [0, 0.1) is 10.6 Å². The smallest absolute Gasteiger partial charge is 0.257 e. The van der Waals surface area contributed by atoms with Crippen LogP contribution in [0.15, 0.2) is 41.3 Å². The molecule has 1 aliphatic rings. The largest absolute Gasteiger partial charge is 0.369 e. The number of anilines is 3. The summed E-state index contributed by atoms with van der Waals surface area (Å²) in [6.07, 6.45) is 5.62. The third-order valence-electron chi connectivity index (χ3n) is 6.62. The molecule has 1 unspecified atom stereocenters. The number of amides is 1. The second-order valence-electron chi connectivity index (χ2n) is 9.56. The highest BCUT2D eigenvalue weighted by molar-refractivity contribution is 7.92. The monoisotopic (exact) mass is 567 g/mol. The standard InChI is InChI=1S/C26H38FN5O4S2/c1-4-5-6-7-8-17-38(28,36)25-12-9-20(18-23(25)27)30-26(33)22-19-21(32-15-13-29-14-16-32)10-11-24(22)31(2)37(3,34)35/h9-12,18-19,28-29H,4-8,13-17H2,1-3H3,(H,30,33). The van der Waals surface area contributed by atoms with Gasteiger partial charge in [0.2, 0.25) is 10.0 Å². The van der Waals surface area contributed by atoms with E-state index in [0.717, 1.165) is 74.2 Å². The zero-order valence-electron chi connectivity index (χ0n) is 22.3. The molecular formula is C26H38FN5O4S2. The lowest BCUT2D eigenvalue weighted by atomic mass is 10.1. The van der Waals surface area contributed by atoms with Gasteiger partial charge in [-0.1, -0.05) is 32.6 Å². The molecule has 2 aromatic carbocycles. The molecule has 1 heterocycles. The van der Waals surface area contributed by atoms with Crippen molar-refractivity contribution in [2.24, 2.45) is 0 Å². The average Bonchev–Trinajstić information content (AvgIpc) is 2.87. The highest BCUT2D eigenvalue weighted by Gasteiger charge is 2.23. The van der Waals surface area contributed by atoms with Crippen LogP contribution in [-0.4, -0.2) is 63.8 Å². The molecule has 1 aliphatic heterocycles. The first-order valence-corrected chi connectivity index (χ1v) is 16.4. The molecule has 3 rings (SSSR count). The zero-order chi connectivity index (χ0) is 27.9. The molecule has 12 heteroatoms. The summed E-state index contributed by atoms with van der Waals surface area (Å²) < 4.78 is 61.5. The summed E-state index contributed by atoms with van der Waals surface area (Å²) in [6.45, 7) is 5.14. The summed E-state index contributed by atoms with van der Waals surface area (Å²) in [7, 11) is -5.58. The van der Waals surface area contributed by atoms with Gasteiger partial charge in [-0.25, -0.2) is 21.8 Å². The van der Waals surface area contributed by atoms with Gasteiger partial charge in [-0.2, -0.15) is 0 Å². The van der Waals surface area contributed by atoms with Crippen LogP contribution in [-0.2, 0) is 19.8 Å². The number of sulfonamides is 1. The van der Waals surface area contributed by atoms with Crippen LogP contribution < -0.4 is 19.8 Å². The molecule has 0 aliphatic carbocycles. The number of carbonyl (C=O) groups excluding carboxylic acids is 1. The van der Waals surface area contributed by atoms with Crippen LogP contribution in [0.4, 0.5) is 21.5 Å². The molecule has 0 saturated carbocycles. The SMILES string of the molecule is CCCCCCCS(=N)(=O)c1ccc(NC(=O)c2cc(N3CCNCC3)ccc2N(C)S(C)(=O)=O)cc1F. The molecule has 2 aromatic rings. The van der Waals surface area contributed by atoms with Gasteiger partial charge in [0.05, 0.1) is 32.1 Å².